The van der Waals surface area contributed by atoms with Gasteiger partial charge in [-0.15, -0.1) is 11.6 Å². The van der Waals surface area contributed by atoms with Crippen molar-refractivity contribution in [2.45, 2.75) is 18.1 Å². The van der Waals surface area contributed by atoms with Crippen LogP contribution in [-0.4, -0.2) is 39.5 Å². The average molecular weight is 318 g/mol. The highest BCUT2D eigenvalue weighted by molar-refractivity contribution is 7.88. The number of ether oxygens (including phenoxy) is 1. The molecule has 1 aliphatic heterocycles. The molecule has 0 amide bonds. The minimum absolute atomic E-state index is 0.0391. The van der Waals surface area contributed by atoms with Gasteiger partial charge in [-0.3, -0.25) is 0 Å². The van der Waals surface area contributed by atoms with Crippen molar-refractivity contribution in [2.75, 3.05) is 26.8 Å². The van der Waals surface area contributed by atoms with Gasteiger partial charge in [-0.2, -0.15) is 0 Å². The quantitative estimate of drug-likeness (QED) is 0.756. The van der Waals surface area contributed by atoms with Gasteiger partial charge in [-0.25, -0.2) is 12.7 Å². The van der Waals surface area contributed by atoms with Crippen LogP contribution in [0.2, 0.25) is 0 Å². The van der Waals surface area contributed by atoms with E-state index in [0.29, 0.717) is 31.5 Å². The highest BCUT2D eigenvalue weighted by atomic mass is 35.5. The van der Waals surface area contributed by atoms with Crippen molar-refractivity contribution in [3.63, 3.8) is 0 Å². The Balaban J connectivity index is 2.04. The van der Waals surface area contributed by atoms with Gasteiger partial charge in [-0.1, -0.05) is 24.3 Å². The molecular formula is C14H20ClNO3S. The lowest BCUT2D eigenvalue weighted by Crippen LogP contribution is -2.30. The summed E-state index contributed by atoms with van der Waals surface area (Å²) in [6.07, 6.45) is 0.870. The highest BCUT2D eigenvalue weighted by Crippen LogP contribution is 2.22. The zero-order valence-corrected chi connectivity index (χ0v) is 13.2. The van der Waals surface area contributed by atoms with E-state index in [9.17, 15) is 8.42 Å². The van der Waals surface area contributed by atoms with E-state index in [1.807, 2.05) is 24.3 Å². The number of rotatable bonds is 6. The van der Waals surface area contributed by atoms with Crippen LogP contribution in [0, 0.1) is 5.92 Å². The van der Waals surface area contributed by atoms with E-state index in [1.165, 1.54) is 0 Å². The van der Waals surface area contributed by atoms with Crippen LogP contribution in [0.15, 0.2) is 24.3 Å². The van der Waals surface area contributed by atoms with Crippen molar-refractivity contribution in [1.29, 1.82) is 0 Å². The topological polar surface area (TPSA) is 46.6 Å². The molecule has 4 nitrogen and oxygen atoms in total. The highest BCUT2D eigenvalue weighted by Gasteiger charge is 2.31. The molecule has 0 aromatic heterocycles. The molecule has 112 valence electrons. The van der Waals surface area contributed by atoms with Gasteiger partial charge in [0.2, 0.25) is 10.0 Å². The summed E-state index contributed by atoms with van der Waals surface area (Å²) < 4.78 is 31.5. The first-order valence-electron chi connectivity index (χ1n) is 6.65. The van der Waals surface area contributed by atoms with E-state index in [0.717, 1.165) is 17.5 Å². The largest absolute Gasteiger partial charge is 0.384 e. The summed E-state index contributed by atoms with van der Waals surface area (Å²) in [5, 5.41) is 0. The molecule has 1 aromatic rings. The Morgan fingerprint density at radius 2 is 2.15 bits per heavy atom. The number of hydrogen-bond acceptors (Lipinski definition) is 3. The molecule has 0 bridgehead atoms. The summed E-state index contributed by atoms with van der Waals surface area (Å²) >= 11 is 5.78. The Bertz CT molecular complexity index is 547. The molecule has 1 aliphatic rings. The minimum atomic E-state index is -3.25. The molecule has 1 saturated heterocycles. The van der Waals surface area contributed by atoms with Crippen molar-refractivity contribution in [1.82, 2.24) is 4.31 Å². The lowest BCUT2D eigenvalue weighted by molar-refractivity contribution is 0.157. The monoisotopic (exact) mass is 317 g/mol. The maximum atomic E-state index is 12.4. The predicted octanol–water partition coefficient (Wildman–Crippen LogP) is 2.22. The number of hydrogen-bond donors (Lipinski definition) is 0. The van der Waals surface area contributed by atoms with Crippen LogP contribution < -0.4 is 0 Å². The summed E-state index contributed by atoms with van der Waals surface area (Å²) in [7, 11) is -1.61. The fraction of sp³-hybridized carbons (Fsp3) is 0.571. The molecule has 0 N–H and O–H groups in total. The summed E-state index contributed by atoms with van der Waals surface area (Å²) in [6.45, 7) is 1.77. The Labute approximate surface area is 125 Å². The van der Waals surface area contributed by atoms with Crippen LogP contribution in [-0.2, 0) is 26.4 Å². The lowest BCUT2D eigenvalue weighted by atomic mass is 10.1. The molecule has 0 aliphatic carbocycles. The van der Waals surface area contributed by atoms with E-state index in [2.05, 4.69) is 0 Å². The lowest BCUT2D eigenvalue weighted by Gasteiger charge is -2.16. The third kappa shape index (κ3) is 3.95. The Hall–Kier alpha value is -0.620. The average Bonchev–Trinajstić information content (AvgIpc) is 2.88. The molecule has 0 radical (unpaired) electrons. The smallest absolute Gasteiger partial charge is 0.218 e. The maximum absolute atomic E-state index is 12.4. The molecule has 0 spiro atoms. The molecule has 2 rings (SSSR count). The van der Waals surface area contributed by atoms with Gasteiger partial charge in [0.15, 0.2) is 0 Å². The number of nitrogens with zero attached hydrogens (tertiary/aromatic N) is 1. The SMILES string of the molecule is COCC1CCN(S(=O)(=O)Cc2cccc(CCl)c2)C1. The second kappa shape index (κ2) is 6.89. The van der Waals surface area contributed by atoms with Gasteiger partial charge in [-0.05, 0) is 23.5 Å². The van der Waals surface area contributed by atoms with Crippen LogP contribution >= 0.6 is 11.6 Å². The summed E-state index contributed by atoms with van der Waals surface area (Å²) in [6, 6.07) is 7.43. The van der Waals surface area contributed by atoms with Gasteiger partial charge >= 0.3 is 0 Å². The molecule has 1 fully saturated rings. The third-order valence-electron chi connectivity index (χ3n) is 3.54. The van der Waals surface area contributed by atoms with E-state index in [4.69, 9.17) is 16.3 Å². The Morgan fingerprint density at radius 1 is 1.40 bits per heavy atom. The van der Waals surface area contributed by atoms with Crippen LogP contribution in [0.5, 0.6) is 0 Å². The van der Waals surface area contributed by atoms with Crippen molar-refractivity contribution in [3.8, 4) is 0 Å². The number of benzene rings is 1. The number of alkyl halides is 1. The molecule has 20 heavy (non-hydrogen) atoms. The fourth-order valence-electron chi connectivity index (χ4n) is 2.53. The van der Waals surface area contributed by atoms with Gasteiger partial charge in [0.1, 0.15) is 0 Å². The Morgan fingerprint density at radius 3 is 2.85 bits per heavy atom. The zero-order valence-electron chi connectivity index (χ0n) is 11.6. The van der Waals surface area contributed by atoms with Crippen LogP contribution in [0.25, 0.3) is 0 Å². The molecule has 0 saturated carbocycles. The zero-order chi connectivity index (χ0) is 14.6. The number of methoxy groups -OCH3 is 1. The molecule has 1 atom stereocenters. The predicted molar refractivity (Wildman–Crippen MR) is 80.2 cm³/mol. The van der Waals surface area contributed by atoms with E-state index >= 15 is 0 Å². The summed E-state index contributed by atoms with van der Waals surface area (Å²) in [5.74, 6) is 0.745. The summed E-state index contributed by atoms with van der Waals surface area (Å²) in [4.78, 5) is 0. The number of halogens is 1. The van der Waals surface area contributed by atoms with Crippen LogP contribution in [0.3, 0.4) is 0 Å². The first kappa shape index (κ1) is 15.8. The third-order valence-corrected chi connectivity index (χ3v) is 5.66. The number of sulfonamides is 1. The summed E-state index contributed by atoms with van der Waals surface area (Å²) in [5.41, 5.74) is 1.73. The molecule has 1 aromatic carbocycles. The van der Waals surface area contributed by atoms with Crippen molar-refractivity contribution >= 4 is 21.6 Å². The first-order valence-corrected chi connectivity index (χ1v) is 8.80. The second-order valence-electron chi connectivity index (χ2n) is 5.18. The first-order chi connectivity index (χ1) is 9.55. The second-order valence-corrected chi connectivity index (χ2v) is 7.41. The molecule has 1 heterocycles. The van der Waals surface area contributed by atoms with Crippen molar-refractivity contribution < 1.29 is 13.2 Å². The molecular weight excluding hydrogens is 298 g/mol. The van der Waals surface area contributed by atoms with Crippen LogP contribution in [0.1, 0.15) is 17.5 Å². The Kier molecular flexibility index (Phi) is 5.43. The van der Waals surface area contributed by atoms with E-state index in [1.54, 1.807) is 11.4 Å². The van der Waals surface area contributed by atoms with E-state index in [-0.39, 0.29) is 5.75 Å². The standard InChI is InChI=1S/C14H20ClNO3S/c1-19-10-14-5-6-16(9-14)20(17,18)11-13-4-2-3-12(7-13)8-15/h2-4,7,14H,5-6,8-11H2,1H3. The fourth-order valence-corrected chi connectivity index (χ4v) is 4.30. The van der Waals surface area contributed by atoms with Crippen molar-refractivity contribution in [3.05, 3.63) is 35.4 Å². The van der Waals surface area contributed by atoms with Crippen molar-refractivity contribution in [2.24, 2.45) is 5.92 Å². The maximum Gasteiger partial charge on any atom is 0.218 e. The van der Waals surface area contributed by atoms with Crippen LogP contribution in [0.4, 0.5) is 0 Å². The molecule has 1 unspecified atom stereocenters. The van der Waals surface area contributed by atoms with Gasteiger partial charge < -0.3 is 4.74 Å². The minimum Gasteiger partial charge on any atom is -0.384 e. The van der Waals surface area contributed by atoms with Gasteiger partial charge in [0, 0.05) is 26.1 Å². The van der Waals surface area contributed by atoms with Gasteiger partial charge in [0.05, 0.1) is 12.4 Å². The van der Waals surface area contributed by atoms with E-state index < -0.39 is 10.0 Å². The normalized spacial score (nSPS) is 20.4. The molecule has 6 heteroatoms. The van der Waals surface area contributed by atoms with Gasteiger partial charge in [0.25, 0.3) is 0 Å².